The summed E-state index contributed by atoms with van der Waals surface area (Å²) in [6, 6.07) is -0.198. The first-order valence-electron chi connectivity index (χ1n) is 7.64. The van der Waals surface area contributed by atoms with Gasteiger partial charge < -0.3 is 20.2 Å². The van der Waals surface area contributed by atoms with Crippen LogP contribution in [0.15, 0.2) is 0 Å². The van der Waals surface area contributed by atoms with Crippen LogP contribution in [0.4, 0.5) is 4.79 Å². The number of carbonyl (C=O) groups excluding carboxylic acids is 1. The molecule has 0 spiro atoms. The Morgan fingerprint density at radius 1 is 1.19 bits per heavy atom. The van der Waals surface area contributed by atoms with E-state index >= 15 is 0 Å². The molecule has 0 radical (unpaired) electrons. The van der Waals surface area contributed by atoms with Crippen molar-refractivity contribution in [3.8, 4) is 0 Å². The third-order valence-electron chi connectivity index (χ3n) is 4.49. The summed E-state index contributed by atoms with van der Waals surface area (Å²) in [5.74, 6) is -0.207. The second-order valence-corrected chi connectivity index (χ2v) is 6.65. The Morgan fingerprint density at radius 2 is 1.76 bits per heavy atom. The number of carbonyl (C=O) groups is 2. The Morgan fingerprint density at radius 3 is 2.24 bits per heavy atom. The highest BCUT2D eigenvalue weighted by Gasteiger charge is 2.41. The minimum Gasteiger partial charge on any atom is -0.481 e. The Kier molecular flexibility index (Phi) is 6.45. The van der Waals surface area contributed by atoms with E-state index in [0.717, 1.165) is 19.4 Å². The summed E-state index contributed by atoms with van der Waals surface area (Å²) in [5, 5.41) is 12.3. The highest BCUT2D eigenvalue weighted by atomic mass is 16.4. The highest BCUT2D eigenvalue weighted by Crippen LogP contribution is 2.38. The molecule has 1 saturated carbocycles. The van der Waals surface area contributed by atoms with Gasteiger partial charge in [0.05, 0.1) is 5.41 Å². The molecule has 2 amide bonds. The van der Waals surface area contributed by atoms with Crippen molar-refractivity contribution >= 4 is 12.0 Å². The normalized spacial score (nSPS) is 25.7. The van der Waals surface area contributed by atoms with E-state index in [2.05, 4.69) is 12.2 Å². The van der Waals surface area contributed by atoms with Gasteiger partial charge in [0.15, 0.2) is 0 Å². The van der Waals surface area contributed by atoms with Gasteiger partial charge in [0, 0.05) is 26.7 Å². The Hall–Kier alpha value is -1.30. The molecular weight excluding hydrogens is 270 g/mol. The number of nitrogens with zero attached hydrogens (tertiary/aromatic N) is 2. The van der Waals surface area contributed by atoms with E-state index in [1.165, 1.54) is 0 Å². The minimum absolute atomic E-state index is 0.198. The average molecular weight is 299 g/mol. The molecule has 0 bridgehead atoms. The number of rotatable bonds is 6. The second kappa shape index (κ2) is 7.64. The summed E-state index contributed by atoms with van der Waals surface area (Å²) >= 11 is 0. The van der Waals surface area contributed by atoms with Crippen molar-refractivity contribution in [2.24, 2.45) is 11.3 Å². The van der Waals surface area contributed by atoms with Crippen LogP contribution >= 0.6 is 0 Å². The third kappa shape index (κ3) is 5.19. The molecule has 0 atom stereocenters. The number of hydrogen-bond donors (Lipinski definition) is 2. The molecule has 6 nitrogen and oxygen atoms in total. The predicted molar refractivity (Wildman–Crippen MR) is 82.3 cm³/mol. The number of aliphatic carboxylic acids is 1. The lowest BCUT2D eigenvalue weighted by molar-refractivity contribution is -0.151. The smallest absolute Gasteiger partial charge is 0.317 e. The minimum atomic E-state index is -0.787. The maximum Gasteiger partial charge on any atom is 0.317 e. The fourth-order valence-corrected chi connectivity index (χ4v) is 2.61. The van der Waals surface area contributed by atoms with Crippen molar-refractivity contribution in [2.45, 2.75) is 32.6 Å². The van der Waals surface area contributed by atoms with Crippen LogP contribution in [0.1, 0.15) is 32.6 Å². The molecule has 0 unspecified atom stereocenters. The molecule has 0 aromatic heterocycles. The average Bonchev–Trinajstić information content (AvgIpc) is 2.43. The molecule has 2 N–H and O–H groups in total. The van der Waals surface area contributed by atoms with Gasteiger partial charge in [-0.05, 0) is 45.7 Å². The number of carboxylic acids is 1. The zero-order valence-electron chi connectivity index (χ0n) is 13.7. The summed E-state index contributed by atoms with van der Waals surface area (Å²) < 4.78 is 0. The van der Waals surface area contributed by atoms with Crippen molar-refractivity contribution in [3.63, 3.8) is 0 Å². The van der Waals surface area contributed by atoms with E-state index in [9.17, 15) is 14.7 Å². The molecule has 21 heavy (non-hydrogen) atoms. The molecular formula is C15H29N3O3. The summed E-state index contributed by atoms with van der Waals surface area (Å²) in [7, 11) is 5.64. The van der Waals surface area contributed by atoms with E-state index in [0.29, 0.717) is 25.3 Å². The van der Waals surface area contributed by atoms with Gasteiger partial charge in [0.2, 0.25) is 0 Å². The van der Waals surface area contributed by atoms with Gasteiger partial charge in [0.1, 0.15) is 0 Å². The monoisotopic (exact) mass is 299 g/mol. The maximum absolute atomic E-state index is 12.0. The van der Waals surface area contributed by atoms with Crippen molar-refractivity contribution in [1.29, 1.82) is 0 Å². The topological polar surface area (TPSA) is 72.9 Å². The van der Waals surface area contributed by atoms with E-state index in [1.807, 2.05) is 19.0 Å². The van der Waals surface area contributed by atoms with E-state index in [-0.39, 0.29) is 12.6 Å². The largest absolute Gasteiger partial charge is 0.481 e. The van der Waals surface area contributed by atoms with Gasteiger partial charge in [0.25, 0.3) is 0 Å². The number of urea groups is 1. The molecule has 0 saturated heterocycles. The molecule has 0 heterocycles. The van der Waals surface area contributed by atoms with Crippen LogP contribution < -0.4 is 5.32 Å². The summed E-state index contributed by atoms with van der Waals surface area (Å²) in [5.41, 5.74) is -0.787. The maximum atomic E-state index is 12.0. The number of carboxylic acid groups (broad SMARTS) is 1. The Bertz CT molecular complexity index is 363. The van der Waals surface area contributed by atoms with Gasteiger partial charge in [-0.15, -0.1) is 0 Å². The standard InChI is InChI=1S/C15H29N3O3/c1-12-5-7-15(8-6-12,13(19)20)11-16-14(21)18(4)10-9-17(2)3/h12H,5-11H2,1-4H3,(H,16,21)(H,19,20). The Labute approximate surface area is 127 Å². The molecule has 0 aromatic rings. The molecule has 122 valence electrons. The fourth-order valence-electron chi connectivity index (χ4n) is 2.61. The molecule has 0 aromatic carbocycles. The summed E-state index contributed by atoms with van der Waals surface area (Å²) in [6.07, 6.45) is 3.12. The lowest BCUT2D eigenvalue weighted by Gasteiger charge is -2.36. The highest BCUT2D eigenvalue weighted by molar-refractivity contribution is 5.78. The van der Waals surface area contributed by atoms with Crippen LogP contribution in [0.5, 0.6) is 0 Å². The molecule has 6 heteroatoms. The zero-order chi connectivity index (χ0) is 16.0. The number of nitrogens with one attached hydrogen (secondary N) is 1. The van der Waals surface area contributed by atoms with E-state index in [1.54, 1.807) is 11.9 Å². The Balaban J connectivity index is 2.50. The number of hydrogen-bond acceptors (Lipinski definition) is 3. The third-order valence-corrected chi connectivity index (χ3v) is 4.49. The molecule has 1 rings (SSSR count). The lowest BCUT2D eigenvalue weighted by Crippen LogP contribution is -2.48. The van der Waals surface area contributed by atoms with Crippen molar-refractivity contribution in [3.05, 3.63) is 0 Å². The van der Waals surface area contributed by atoms with Gasteiger partial charge >= 0.3 is 12.0 Å². The van der Waals surface area contributed by atoms with Crippen LogP contribution in [0, 0.1) is 11.3 Å². The number of likely N-dealkylation sites (N-methyl/N-ethyl adjacent to an activating group) is 2. The number of amides is 2. The van der Waals surface area contributed by atoms with Crippen molar-refractivity contribution < 1.29 is 14.7 Å². The first-order chi connectivity index (χ1) is 9.77. The zero-order valence-corrected chi connectivity index (χ0v) is 13.7. The first kappa shape index (κ1) is 17.8. The summed E-state index contributed by atoms with van der Waals surface area (Å²) in [4.78, 5) is 27.2. The van der Waals surface area contributed by atoms with Crippen LogP contribution in [0.2, 0.25) is 0 Å². The lowest BCUT2D eigenvalue weighted by atomic mass is 9.71. The fraction of sp³-hybridized carbons (Fsp3) is 0.867. The molecule has 1 fully saturated rings. The van der Waals surface area contributed by atoms with Gasteiger partial charge in [-0.1, -0.05) is 6.92 Å². The van der Waals surface area contributed by atoms with Crippen molar-refractivity contribution in [2.75, 3.05) is 40.8 Å². The van der Waals surface area contributed by atoms with Crippen LogP contribution in [-0.2, 0) is 4.79 Å². The van der Waals surface area contributed by atoms with E-state index < -0.39 is 11.4 Å². The van der Waals surface area contributed by atoms with Crippen LogP contribution in [-0.4, -0.2) is 67.7 Å². The molecule has 1 aliphatic rings. The van der Waals surface area contributed by atoms with Gasteiger partial charge in [-0.3, -0.25) is 4.79 Å². The predicted octanol–water partition coefficient (Wildman–Crippen LogP) is 1.47. The SMILES string of the molecule is CC1CCC(CNC(=O)N(C)CCN(C)C)(C(=O)O)CC1. The first-order valence-corrected chi connectivity index (χ1v) is 7.64. The van der Waals surface area contributed by atoms with Crippen LogP contribution in [0.3, 0.4) is 0 Å². The van der Waals surface area contributed by atoms with Gasteiger partial charge in [-0.2, -0.15) is 0 Å². The second-order valence-electron chi connectivity index (χ2n) is 6.65. The molecule has 0 aliphatic heterocycles. The van der Waals surface area contributed by atoms with Gasteiger partial charge in [-0.25, -0.2) is 4.79 Å². The summed E-state index contributed by atoms with van der Waals surface area (Å²) in [6.45, 7) is 3.78. The van der Waals surface area contributed by atoms with E-state index in [4.69, 9.17) is 0 Å². The quantitative estimate of drug-likeness (QED) is 0.779. The van der Waals surface area contributed by atoms with Crippen molar-refractivity contribution in [1.82, 2.24) is 15.1 Å². The molecule has 1 aliphatic carbocycles. The van der Waals surface area contributed by atoms with Crippen LogP contribution in [0.25, 0.3) is 0 Å².